The molecule has 3 aromatic heterocycles. The van der Waals surface area contributed by atoms with Crippen LogP contribution < -0.4 is 0 Å². The minimum atomic E-state index is 0.0457. The molecule has 0 spiro atoms. The molecule has 0 saturated carbocycles. The fourth-order valence-corrected chi connectivity index (χ4v) is 4.40. The lowest BCUT2D eigenvalue weighted by atomic mass is 9.86. The van der Waals surface area contributed by atoms with Crippen molar-refractivity contribution < 1.29 is 9.53 Å². The van der Waals surface area contributed by atoms with E-state index in [1.165, 1.54) is 0 Å². The summed E-state index contributed by atoms with van der Waals surface area (Å²) in [6.45, 7) is 2.45. The molecule has 1 aliphatic heterocycles. The van der Waals surface area contributed by atoms with E-state index in [1.807, 2.05) is 66.0 Å². The SMILES string of the molecule is O=C(c1ccc(-c2ncccc2CC(c2cccnc2)c2cccnc2)cc1)N1CCOCC1. The fourth-order valence-electron chi connectivity index (χ4n) is 4.40. The van der Waals surface area contributed by atoms with Crippen molar-refractivity contribution in [3.8, 4) is 11.3 Å². The van der Waals surface area contributed by atoms with Crippen LogP contribution in [-0.4, -0.2) is 52.1 Å². The molecule has 34 heavy (non-hydrogen) atoms. The van der Waals surface area contributed by atoms with Crippen LogP contribution in [0.1, 0.15) is 33.0 Å². The first-order valence-electron chi connectivity index (χ1n) is 11.5. The van der Waals surface area contributed by atoms with E-state index < -0.39 is 0 Å². The zero-order chi connectivity index (χ0) is 23.2. The third-order valence-corrected chi connectivity index (χ3v) is 6.19. The lowest BCUT2D eigenvalue weighted by molar-refractivity contribution is 0.0303. The predicted molar refractivity (Wildman–Crippen MR) is 130 cm³/mol. The number of rotatable bonds is 6. The van der Waals surface area contributed by atoms with Gasteiger partial charge in [-0.3, -0.25) is 19.7 Å². The number of nitrogens with zero attached hydrogens (tertiary/aromatic N) is 4. The molecule has 0 aliphatic carbocycles. The number of carbonyl (C=O) groups is 1. The van der Waals surface area contributed by atoms with Gasteiger partial charge in [0, 0.05) is 61.1 Å². The quantitative estimate of drug-likeness (QED) is 0.436. The Morgan fingerprint density at radius 1 is 0.853 bits per heavy atom. The van der Waals surface area contributed by atoms with Crippen LogP contribution in [0.3, 0.4) is 0 Å². The number of hydrogen-bond donors (Lipinski definition) is 0. The first-order valence-corrected chi connectivity index (χ1v) is 11.5. The summed E-state index contributed by atoms with van der Waals surface area (Å²) in [5.74, 6) is 0.150. The molecule has 1 aliphatic rings. The zero-order valence-corrected chi connectivity index (χ0v) is 18.9. The number of morpholine rings is 1. The Kier molecular flexibility index (Phi) is 6.68. The Morgan fingerprint density at radius 3 is 2.12 bits per heavy atom. The number of carbonyl (C=O) groups excluding carboxylic acids is 1. The first-order chi connectivity index (χ1) is 16.8. The Hall–Kier alpha value is -3.90. The lowest BCUT2D eigenvalue weighted by Gasteiger charge is -2.26. The van der Waals surface area contributed by atoms with Crippen LogP contribution in [0.5, 0.6) is 0 Å². The molecule has 1 aromatic carbocycles. The van der Waals surface area contributed by atoms with Gasteiger partial charge in [-0.25, -0.2) is 0 Å². The van der Waals surface area contributed by atoms with Gasteiger partial charge in [0.1, 0.15) is 0 Å². The van der Waals surface area contributed by atoms with Crippen LogP contribution in [0.2, 0.25) is 0 Å². The highest BCUT2D eigenvalue weighted by Crippen LogP contribution is 2.31. The van der Waals surface area contributed by atoms with Crippen molar-refractivity contribution in [3.05, 3.63) is 114 Å². The molecule has 170 valence electrons. The van der Waals surface area contributed by atoms with E-state index in [0.717, 1.165) is 34.4 Å². The number of ether oxygens (including phenoxy) is 1. The summed E-state index contributed by atoms with van der Waals surface area (Å²) in [4.78, 5) is 28.0. The van der Waals surface area contributed by atoms with E-state index in [1.54, 1.807) is 12.4 Å². The van der Waals surface area contributed by atoms with Gasteiger partial charge in [-0.15, -0.1) is 0 Å². The predicted octanol–water partition coefficient (Wildman–Crippen LogP) is 4.39. The molecule has 0 N–H and O–H groups in total. The van der Waals surface area contributed by atoms with Gasteiger partial charge in [0.15, 0.2) is 0 Å². The van der Waals surface area contributed by atoms with E-state index in [9.17, 15) is 4.79 Å². The summed E-state index contributed by atoms with van der Waals surface area (Å²) in [5, 5.41) is 0. The molecular formula is C28H26N4O2. The smallest absolute Gasteiger partial charge is 0.254 e. The first kappa shape index (κ1) is 21.9. The summed E-state index contributed by atoms with van der Waals surface area (Å²) in [5.41, 5.74) is 6.00. The maximum Gasteiger partial charge on any atom is 0.254 e. The van der Waals surface area contributed by atoms with Gasteiger partial charge in [0.05, 0.1) is 18.9 Å². The average Bonchev–Trinajstić information content (AvgIpc) is 2.93. The molecule has 4 aromatic rings. The standard InChI is InChI=1S/C28H26N4O2/c33-28(32-14-16-34-17-15-32)22-9-7-21(8-10-22)27-23(4-3-13-31-27)18-26(24-5-1-11-29-19-24)25-6-2-12-30-20-25/h1-13,19-20,26H,14-18H2. The van der Waals surface area contributed by atoms with E-state index >= 15 is 0 Å². The Labute approximate surface area is 199 Å². The molecule has 0 atom stereocenters. The van der Waals surface area contributed by atoms with E-state index in [0.29, 0.717) is 31.9 Å². The van der Waals surface area contributed by atoms with E-state index in [2.05, 4.69) is 28.2 Å². The molecule has 1 amide bonds. The second-order valence-electron chi connectivity index (χ2n) is 8.32. The summed E-state index contributed by atoms with van der Waals surface area (Å²) < 4.78 is 5.36. The van der Waals surface area contributed by atoms with Crippen molar-refractivity contribution >= 4 is 5.91 Å². The van der Waals surface area contributed by atoms with Gasteiger partial charge in [0.2, 0.25) is 0 Å². The number of benzene rings is 1. The van der Waals surface area contributed by atoms with Crippen LogP contribution in [0, 0.1) is 0 Å². The van der Waals surface area contributed by atoms with Crippen LogP contribution in [0.25, 0.3) is 11.3 Å². The Bertz CT molecular complexity index is 1180. The van der Waals surface area contributed by atoms with Gasteiger partial charge in [-0.2, -0.15) is 0 Å². The van der Waals surface area contributed by atoms with Crippen molar-refractivity contribution in [2.45, 2.75) is 12.3 Å². The van der Waals surface area contributed by atoms with Crippen molar-refractivity contribution in [2.75, 3.05) is 26.3 Å². The topological polar surface area (TPSA) is 68.2 Å². The second-order valence-corrected chi connectivity index (χ2v) is 8.32. The second kappa shape index (κ2) is 10.4. The van der Waals surface area contributed by atoms with Crippen molar-refractivity contribution in [1.82, 2.24) is 19.9 Å². The van der Waals surface area contributed by atoms with Gasteiger partial charge < -0.3 is 9.64 Å². The molecule has 4 heterocycles. The maximum atomic E-state index is 12.8. The molecule has 0 unspecified atom stereocenters. The highest BCUT2D eigenvalue weighted by molar-refractivity contribution is 5.94. The highest BCUT2D eigenvalue weighted by atomic mass is 16.5. The fraction of sp³-hybridized carbons (Fsp3) is 0.214. The van der Waals surface area contributed by atoms with Crippen molar-refractivity contribution in [1.29, 1.82) is 0 Å². The minimum absolute atomic E-state index is 0.0457. The largest absolute Gasteiger partial charge is 0.378 e. The Morgan fingerprint density at radius 2 is 1.50 bits per heavy atom. The monoisotopic (exact) mass is 450 g/mol. The molecule has 6 nitrogen and oxygen atoms in total. The highest BCUT2D eigenvalue weighted by Gasteiger charge is 2.20. The lowest BCUT2D eigenvalue weighted by Crippen LogP contribution is -2.40. The van der Waals surface area contributed by atoms with Crippen molar-refractivity contribution in [2.24, 2.45) is 0 Å². The zero-order valence-electron chi connectivity index (χ0n) is 18.9. The van der Waals surface area contributed by atoms with Gasteiger partial charge >= 0.3 is 0 Å². The average molecular weight is 451 g/mol. The van der Waals surface area contributed by atoms with Crippen LogP contribution >= 0.6 is 0 Å². The van der Waals surface area contributed by atoms with Crippen molar-refractivity contribution in [3.63, 3.8) is 0 Å². The molecule has 6 heteroatoms. The number of hydrogen-bond acceptors (Lipinski definition) is 5. The van der Waals surface area contributed by atoms with E-state index in [-0.39, 0.29) is 11.8 Å². The third kappa shape index (κ3) is 4.87. The number of pyridine rings is 3. The summed E-state index contributed by atoms with van der Waals surface area (Å²) >= 11 is 0. The summed E-state index contributed by atoms with van der Waals surface area (Å²) in [6.07, 6.45) is 9.99. The van der Waals surface area contributed by atoms with Gasteiger partial charge in [-0.05, 0) is 53.4 Å². The Balaban J connectivity index is 1.43. The maximum absolute atomic E-state index is 12.8. The number of aromatic nitrogens is 3. The van der Waals surface area contributed by atoms with Crippen LogP contribution in [0.4, 0.5) is 0 Å². The van der Waals surface area contributed by atoms with Gasteiger partial charge in [-0.1, -0.05) is 30.3 Å². The molecule has 0 radical (unpaired) electrons. The van der Waals surface area contributed by atoms with Crippen LogP contribution in [0.15, 0.2) is 91.6 Å². The normalized spacial score (nSPS) is 13.7. The summed E-state index contributed by atoms with van der Waals surface area (Å²) in [7, 11) is 0. The third-order valence-electron chi connectivity index (χ3n) is 6.19. The number of amides is 1. The van der Waals surface area contributed by atoms with Crippen LogP contribution in [-0.2, 0) is 11.2 Å². The molecule has 1 saturated heterocycles. The molecule has 5 rings (SSSR count). The molecule has 1 fully saturated rings. The minimum Gasteiger partial charge on any atom is -0.378 e. The molecule has 0 bridgehead atoms. The van der Waals surface area contributed by atoms with E-state index in [4.69, 9.17) is 9.72 Å². The van der Waals surface area contributed by atoms with Gasteiger partial charge in [0.25, 0.3) is 5.91 Å². The molecular weight excluding hydrogens is 424 g/mol. The summed E-state index contributed by atoms with van der Waals surface area (Å²) in [6, 6.07) is 20.0.